The Morgan fingerprint density at radius 3 is 2.62 bits per heavy atom. The van der Waals surface area contributed by atoms with E-state index in [0.29, 0.717) is 23.3 Å². The van der Waals surface area contributed by atoms with Gasteiger partial charge in [0.15, 0.2) is 0 Å². The van der Waals surface area contributed by atoms with Crippen LogP contribution in [0.1, 0.15) is 18.3 Å². The standard InChI is InChI=1S/C20H21N3O3/c1-3-26-15-10-8-14(9-11-15)12-19(24)21-13-18-22-17-7-5-4-6-16(17)20(25)23(18)2/h4-11H,3,12-13H2,1-2H3,(H,21,24). The fourth-order valence-corrected chi connectivity index (χ4v) is 2.72. The highest BCUT2D eigenvalue weighted by Crippen LogP contribution is 2.12. The average Bonchev–Trinajstić information content (AvgIpc) is 2.65. The third kappa shape index (κ3) is 3.91. The van der Waals surface area contributed by atoms with E-state index in [-0.39, 0.29) is 24.4 Å². The van der Waals surface area contributed by atoms with Gasteiger partial charge >= 0.3 is 0 Å². The van der Waals surface area contributed by atoms with Crippen molar-refractivity contribution < 1.29 is 9.53 Å². The maximum absolute atomic E-state index is 12.4. The van der Waals surface area contributed by atoms with Gasteiger partial charge in [0.2, 0.25) is 5.91 Å². The number of aromatic nitrogens is 2. The van der Waals surface area contributed by atoms with Gasteiger partial charge in [0.25, 0.3) is 5.56 Å². The van der Waals surface area contributed by atoms with Crippen LogP contribution in [0.3, 0.4) is 0 Å². The normalized spacial score (nSPS) is 10.7. The van der Waals surface area contributed by atoms with E-state index in [1.165, 1.54) is 4.57 Å². The number of hydrogen-bond acceptors (Lipinski definition) is 4. The molecular formula is C20H21N3O3. The molecular weight excluding hydrogens is 330 g/mol. The Kier molecular flexibility index (Phi) is 5.31. The third-order valence-corrected chi connectivity index (χ3v) is 4.12. The second-order valence-electron chi connectivity index (χ2n) is 5.94. The van der Waals surface area contributed by atoms with Crippen molar-refractivity contribution in [1.82, 2.24) is 14.9 Å². The molecule has 1 amide bonds. The predicted octanol–water partition coefficient (Wildman–Crippen LogP) is 2.19. The highest BCUT2D eigenvalue weighted by molar-refractivity contribution is 5.79. The van der Waals surface area contributed by atoms with E-state index in [4.69, 9.17) is 4.74 Å². The Morgan fingerprint density at radius 2 is 1.88 bits per heavy atom. The summed E-state index contributed by atoms with van der Waals surface area (Å²) in [6.45, 7) is 2.74. The molecule has 6 heteroatoms. The van der Waals surface area contributed by atoms with Gasteiger partial charge in [-0.25, -0.2) is 4.98 Å². The van der Waals surface area contributed by atoms with E-state index in [0.717, 1.165) is 11.3 Å². The second-order valence-corrected chi connectivity index (χ2v) is 5.94. The monoisotopic (exact) mass is 351 g/mol. The highest BCUT2D eigenvalue weighted by Gasteiger charge is 2.09. The summed E-state index contributed by atoms with van der Waals surface area (Å²) in [6.07, 6.45) is 0.258. The molecule has 0 saturated carbocycles. The van der Waals surface area contributed by atoms with E-state index in [1.54, 1.807) is 19.2 Å². The topological polar surface area (TPSA) is 73.2 Å². The first-order chi connectivity index (χ1) is 12.6. The number of para-hydroxylation sites is 1. The van der Waals surface area contributed by atoms with Crippen molar-refractivity contribution in [3.8, 4) is 5.75 Å². The number of amides is 1. The van der Waals surface area contributed by atoms with Gasteiger partial charge in [-0.15, -0.1) is 0 Å². The Hall–Kier alpha value is -3.15. The van der Waals surface area contributed by atoms with Crippen molar-refractivity contribution >= 4 is 16.8 Å². The lowest BCUT2D eigenvalue weighted by molar-refractivity contribution is -0.120. The zero-order valence-electron chi connectivity index (χ0n) is 14.9. The van der Waals surface area contributed by atoms with E-state index < -0.39 is 0 Å². The van der Waals surface area contributed by atoms with Crippen LogP contribution in [0.2, 0.25) is 0 Å². The Bertz CT molecular complexity index is 978. The van der Waals surface area contributed by atoms with Gasteiger partial charge in [0.05, 0.1) is 30.5 Å². The minimum Gasteiger partial charge on any atom is -0.494 e. The van der Waals surface area contributed by atoms with Gasteiger partial charge in [-0.2, -0.15) is 0 Å². The molecule has 1 N–H and O–H groups in total. The van der Waals surface area contributed by atoms with Crippen molar-refractivity contribution in [2.75, 3.05) is 6.61 Å². The number of nitrogens with zero attached hydrogens (tertiary/aromatic N) is 2. The number of benzene rings is 2. The Morgan fingerprint density at radius 1 is 1.15 bits per heavy atom. The lowest BCUT2D eigenvalue weighted by Crippen LogP contribution is -2.30. The summed E-state index contributed by atoms with van der Waals surface area (Å²) in [5.41, 5.74) is 1.41. The molecule has 0 aliphatic heterocycles. The fourth-order valence-electron chi connectivity index (χ4n) is 2.72. The molecule has 0 aliphatic rings. The molecule has 3 rings (SSSR count). The van der Waals surface area contributed by atoms with Crippen LogP contribution in [0.15, 0.2) is 53.3 Å². The lowest BCUT2D eigenvalue weighted by Gasteiger charge is -2.10. The molecule has 1 heterocycles. The summed E-state index contributed by atoms with van der Waals surface area (Å²) in [4.78, 5) is 29.0. The van der Waals surface area contributed by atoms with E-state index in [1.807, 2.05) is 43.3 Å². The summed E-state index contributed by atoms with van der Waals surface area (Å²) >= 11 is 0. The molecule has 0 aliphatic carbocycles. The van der Waals surface area contributed by atoms with Crippen molar-refractivity contribution in [3.05, 3.63) is 70.3 Å². The SMILES string of the molecule is CCOc1ccc(CC(=O)NCc2nc3ccccc3c(=O)n2C)cc1. The zero-order chi connectivity index (χ0) is 18.5. The van der Waals surface area contributed by atoms with Gasteiger partial charge in [0.1, 0.15) is 11.6 Å². The number of carbonyl (C=O) groups excluding carboxylic acids is 1. The minimum absolute atomic E-state index is 0.119. The number of nitrogens with one attached hydrogen (secondary N) is 1. The van der Waals surface area contributed by atoms with Crippen molar-refractivity contribution in [2.45, 2.75) is 19.9 Å². The van der Waals surface area contributed by atoms with Crippen LogP contribution in [-0.4, -0.2) is 22.1 Å². The van der Waals surface area contributed by atoms with Crippen LogP contribution in [-0.2, 0) is 24.8 Å². The molecule has 0 saturated heterocycles. The maximum Gasteiger partial charge on any atom is 0.261 e. The van der Waals surface area contributed by atoms with Crippen LogP contribution >= 0.6 is 0 Å². The quantitative estimate of drug-likeness (QED) is 0.739. The van der Waals surface area contributed by atoms with Crippen LogP contribution in [0.4, 0.5) is 0 Å². The first-order valence-corrected chi connectivity index (χ1v) is 8.51. The summed E-state index contributed by atoms with van der Waals surface area (Å²) in [5, 5.41) is 3.40. The molecule has 0 bridgehead atoms. The smallest absolute Gasteiger partial charge is 0.261 e. The fraction of sp³-hybridized carbons (Fsp3) is 0.250. The molecule has 26 heavy (non-hydrogen) atoms. The summed E-state index contributed by atoms with van der Waals surface area (Å²) in [7, 11) is 1.66. The molecule has 3 aromatic rings. The molecule has 1 aromatic heterocycles. The molecule has 2 aromatic carbocycles. The van der Waals surface area contributed by atoms with Gasteiger partial charge in [-0.3, -0.25) is 14.2 Å². The van der Waals surface area contributed by atoms with Crippen LogP contribution in [0.25, 0.3) is 10.9 Å². The predicted molar refractivity (Wildman–Crippen MR) is 100 cm³/mol. The summed E-state index contributed by atoms with van der Waals surface area (Å²) in [6, 6.07) is 14.6. The van der Waals surface area contributed by atoms with E-state index in [9.17, 15) is 9.59 Å². The van der Waals surface area contributed by atoms with Crippen LogP contribution < -0.4 is 15.6 Å². The summed E-state index contributed by atoms with van der Waals surface area (Å²) in [5.74, 6) is 1.18. The largest absolute Gasteiger partial charge is 0.494 e. The van der Waals surface area contributed by atoms with Crippen LogP contribution in [0.5, 0.6) is 5.75 Å². The van der Waals surface area contributed by atoms with Crippen molar-refractivity contribution in [1.29, 1.82) is 0 Å². The Labute approximate surface area is 151 Å². The van der Waals surface area contributed by atoms with Crippen molar-refractivity contribution in [3.63, 3.8) is 0 Å². The highest BCUT2D eigenvalue weighted by atomic mass is 16.5. The number of hydrogen-bond donors (Lipinski definition) is 1. The van der Waals surface area contributed by atoms with Gasteiger partial charge in [-0.05, 0) is 36.8 Å². The number of rotatable bonds is 6. The molecule has 0 radical (unpaired) electrons. The average molecular weight is 351 g/mol. The third-order valence-electron chi connectivity index (χ3n) is 4.12. The lowest BCUT2D eigenvalue weighted by atomic mass is 10.1. The first kappa shape index (κ1) is 17.7. The minimum atomic E-state index is -0.128. The molecule has 0 spiro atoms. The van der Waals surface area contributed by atoms with Gasteiger partial charge in [0, 0.05) is 7.05 Å². The zero-order valence-corrected chi connectivity index (χ0v) is 14.9. The first-order valence-electron chi connectivity index (χ1n) is 8.51. The molecule has 0 fully saturated rings. The van der Waals surface area contributed by atoms with Crippen LogP contribution in [0, 0.1) is 0 Å². The number of carbonyl (C=O) groups is 1. The van der Waals surface area contributed by atoms with Gasteiger partial charge in [-0.1, -0.05) is 24.3 Å². The molecule has 0 atom stereocenters. The molecule has 134 valence electrons. The van der Waals surface area contributed by atoms with Gasteiger partial charge < -0.3 is 10.1 Å². The van der Waals surface area contributed by atoms with Crippen molar-refractivity contribution in [2.24, 2.45) is 7.05 Å². The molecule has 6 nitrogen and oxygen atoms in total. The molecule has 0 unspecified atom stereocenters. The second kappa shape index (κ2) is 7.82. The van der Waals surface area contributed by atoms with E-state index >= 15 is 0 Å². The number of ether oxygens (including phenoxy) is 1. The maximum atomic E-state index is 12.4. The Balaban J connectivity index is 1.67. The number of fused-ring (bicyclic) bond motifs is 1. The summed E-state index contributed by atoms with van der Waals surface area (Å²) < 4.78 is 6.86. The van der Waals surface area contributed by atoms with E-state index in [2.05, 4.69) is 10.3 Å².